The number of benzene rings is 2. The minimum absolute atomic E-state index is 0. The lowest BCUT2D eigenvalue weighted by atomic mass is 9.49. The number of nitrogens with two attached hydrogens (primary N) is 1. The van der Waals surface area contributed by atoms with Crippen LogP contribution in [-0.2, 0) is 42.8 Å². The van der Waals surface area contributed by atoms with Crippen LogP contribution in [0.5, 0.6) is 0 Å². The maximum Gasteiger partial charge on any atom is 0.405 e. The van der Waals surface area contributed by atoms with Crippen molar-refractivity contribution in [2.75, 3.05) is 20.8 Å². The normalized spacial score (nSPS) is 29.9. The summed E-state index contributed by atoms with van der Waals surface area (Å²) in [6.07, 6.45) is -2.40. The van der Waals surface area contributed by atoms with Crippen LogP contribution < -0.4 is 5.73 Å². The van der Waals surface area contributed by atoms with Crippen molar-refractivity contribution in [2.45, 2.75) is 128 Å². The number of aliphatic hydroxyl groups is 1. The lowest BCUT2D eigenvalue weighted by molar-refractivity contribution is -0.326. The van der Waals surface area contributed by atoms with Crippen LogP contribution in [0, 0.1) is 11.3 Å². The van der Waals surface area contributed by atoms with Gasteiger partial charge >= 0.3 is 24.0 Å². The summed E-state index contributed by atoms with van der Waals surface area (Å²) in [6, 6.07) is 18.1. The van der Waals surface area contributed by atoms with E-state index in [-0.39, 0.29) is 55.4 Å². The van der Waals surface area contributed by atoms with Gasteiger partial charge in [0.2, 0.25) is 0 Å². The topological polar surface area (TPSA) is 239 Å². The molecule has 0 spiro atoms. The van der Waals surface area contributed by atoms with Gasteiger partial charge in [-0.25, -0.2) is 9.59 Å². The van der Waals surface area contributed by atoms with Crippen molar-refractivity contribution in [1.82, 2.24) is 0 Å². The fourth-order valence-corrected chi connectivity index (χ4v) is 8.78. The second kappa shape index (κ2) is 19.6. The molecule has 1 heterocycles. The molecule has 9 atom stereocenters. The van der Waals surface area contributed by atoms with Crippen LogP contribution in [0.1, 0.15) is 102 Å². The van der Waals surface area contributed by atoms with E-state index in [4.69, 9.17) is 34.5 Å². The zero-order chi connectivity index (χ0) is 43.2. The number of primary amides is 1. The highest BCUT2D eigenvalue weighted by atomic mass is 16.6. The third-order valence-electron chi connectivity index (χ3n) is 11.6. The fourth-order valence-electron chi connectivity index (χ4n) is 8.78. The van der Waals surface area contributed by atoms with Gasteiger partial charge < -0.3 is 49.8 Å². The molecule has 1 amide bonds. The summed E-state index contributed by atoms with van der Waals surface area (Å²) in [5.74, 6) is -2.58. The van der Waals surface area contributed by atoms with Gasteiger partial charge in [-0.05, 0) is 75.8 Å². The van der Waals surface area contributed by atoms with E-state index in [2.05, 4.69) is 4.74 Å². The molecule has 6 N–H and O–H groups in total. The highest BCUT2D eigenvalue weighted by molar-refractivity contribution is 5.93. The third kappa shape index (κ3) is 11.1. The van der Waals surface area contributed by atoms with E-state index in [9.17, 15) is 29.1 Å². The number of hydrogen-bond donors (Lipinski definition) is 3. The molecule has 15 nitrogen and oxygen atoms in total. The number of carbonyl (C=O) groups is 5. The highest BCUT2D eigenvalue weighted by Crippen LogP contribution is 2.60. The van der Waals surface area contributed by atoms with E-state index in [1.807, 2.05) is 51.1 Å². The van der Waals surface area contributed by atoms with Gasteiger partial charge in [0.1, 0.15) is 23.9 Å². The number of carboxylic acid groups (broad SMARTS) is 1. The van der Waals surface area contributed by atoms with E-state index < -0.39 is 70.6 Å². The molecule has 6 rings (SSSR count). The quantitative estimate of drug-likeness (QED) is 0.179. The van der Waals surface area contributed by atoms with E-state index in [1.165, 1.54) is 14.0 Å². The van der Waals surface area contributed by atoms with E-state index in [1.54, 1.807) is 58.2 Å². The van der Waals surface area contributed by atoms with E-state index in [0.29, 0.717) is 17.6 Å². The number of rotatable bonds is 8. The lowest BCUT2D eigenvalue weighted by Crippen LogP contribution is -2.76. The first kappa shape index (κ1) is 48.7. The maximum atomic E-state index is 14.5. The first-order valence-electron chi connectivity index (χ1n) is 19.4. The lowest BCUT2D eigenvalue weighted by Gasteiger charge is -2.64. The molecule has 2 saturated carbocycles. The average Bonchev–Trinajstić information content (AvgIpc) is 3.14. The van der Waals surface area contributed by atoms with Crippen LogP contribution in [-0.4, -0.2) is 108 Å². The molecule has 2 aromatic rings. The average molecular weight is 828 g/mol. The molecule has 2 aromatic carbocycles. The van der Waals surface area contributed by atoms with Crippen LogP contribution in [0.2, 0.25) is 0 Å². The molecule has 59 heavy (non-hydrogen) atoms. The second-order valence-corrected chi connectivity index (χ2v) is 16.8. The van der Waals surface area contributed by atoms with E-state index in [0.717, 1.165) is 11.1 Å². The predicted octanol–water partition coefficient (Wildman–Crippen LogP) is 5.10. The third-order valence-corrected chi connectivity index (χ3v) is 11.6. The number of aromatic carboxylic acids is 1. The highest BCUT2D eigenvalue weighted by Gasteiger charge is 2.72. The summed E-state index contributed by atoms with van der Waals surface area (Å²) in [5, 5.41) is 20.6. The Morgan fingerprint density at radius 2 is 1.58 bits per heavy atom. The predicted molar refractivity (Wildman–Crippen MR) is 215 cm³/mol. The summed E-state index contributed by atoms with van der Waals surface area (Å²) in [5.41, 5.74) is 3.42. The van der Waals surface area contributed by atoms with Gasteiger partial charge in [0.25, 0.3) is 0 Å². The zero-order valence-corrected chi connectivity index (χ0v) is 35.4. The van der Waals surface area contributed by atoms with Gasteiger partial charge in [0, 0.05) is 46.3 Å². The Hall–Kier alpha value is -4.67. The van der Waals surface area contributed by atoms with Crippen molar-refractivity contribution in [1.29, 1.82) is 0 Å². The van der Waals surface area contributed by atoms with Gasteiger partial charge in [0.15, 0.2) is 11.4 Å². The minimum Gasteiger partial charge on any atom is -0.478 e. The SMILES string of the molecule is CC(C)(C)OC(N)=O.COC1C[C@H]2OC[C@@]2(OC(C)=O)[C@H]2C[C@@]3(O)CC(=C(C)C(OC(=O)C[C@H](C)c4ccccc4)C3)[C@@H](OC)C(=O)[C@]12C.O.O=C(O)c1ccccc1. The number of hydrogen-bond acceptors (Lipinski definition) is 12. The van der Waals surface area contributed by atoms with Crippen LogP contribution in [0.25, 0.3) is 0 Å². The molecule has 2 bridgehead atoms. The van der Waals surface area contributed by atoms with Crippen LogP contribution in [0.15, 0.2) is 71.8 Å². The summed E-state index contributed by atoms with van der Waals surface area (Å²) in [6.45, 7) is 12.4. The molecule has 3 aliphatic carbocycles. The molecular formula is C44H61NO14. The van der Waals surface area contributed by atoms with E-state index >= 15 is 0 Å². The molecule has 326 valence electrons. The molecule has 1 aliphatic heterocycles. The van der Waals surface area contributed by atoms with Crippen LogP contribution in [0.4, 0.5) is 4.79 Å². The fraction of sp³-hybridized carbons (Fsp3) is 0.568. The Morgan fingerprint density at radius 1 is 0.983 bits per heavy atom. The number of methoxy groups -OCH3 is 2. The number of ether oxygens (including phenoxy) is 6. The molecule has 0 aromatic heterocycles. The van der Waals surface area contributed by atoms with Crippen LogP contribution in [0.3, 0.4) is 0 Å². The molecule has 1 saturated heterocycles. The number of esters is 2. The zero-order valence-electron chi connectivity index (χ0n) is 35.4. The molecule has 4 aliphatic rings. The Labute approximate surface area is 345 Å². The smallest absolute Gasteiger partial charge is 0.405 e. The summed E-state index contributed by atoms with van der Waals surface area (Å²) in [4.78, 5) is 60.2. The number of amides is 1. The Morgan fingerprint density at radius 3 is 2.02 bits per heavy atom. The van der Waals surface area contributed by atoms with Crippen molar-refractivity contribution >= 4 is 29.8 Å². The number of Topliss-reactive ketones (excluding diaryl/α,β-unsaturated/α-hetero) is 1. The van der Waals surface area contributed by atoms with Crippen molar-refractivity contribution in [3.63, 3.8) is 0 Å². The summed E-state index contributed by atoms with van der Waals surface area (Å²) >= 11 is 0. The minimum atomic E-state index is -1.35. The summed E-state index contributed by atoms with van der Waals surface area (Å²) < 4.78 is 34.2. The van der Waals surface area contributed by atoms with Gasteiger partial charge in [0.05, 0.1) is 35.7 Å². The number of fused-ring (bicyclic) bond motifs is 5. The van der Waals surface area contributed by atoms with Gasteiger partial charge in [-0.3, -0.25) is 14.4 Å². The Balaban J connectivity index is 0.000000430. The second-order valence-electron chi connectivity index (χ2n) is 16.8. The van der Waals surface area contributed by atoms with Gasteiger partial charge in [-0.2, -0.15) is 0 Å². The maximum absolute atomic E-state index is 14.5. The monoisotopic (exact) mass is 827 g/mol. The first-order valence-corrected chi connectivity index (χ1v) is 19.4. The molecule has 2 unspecified atom stereocenters. The van der Waals surface area contributed by atoms with Gasteiger partial charge in [-0.1, -0.05) is 55.5 Å². The number of ketones is 1. The van der Waals surface area contributed by atoms with Crippen molar-refractivity contribution in [3.8, 4) is 0 Å². The molecular weight excluding hydrogens is 766 g/mol. The Bertz CT molecular complexity index is 1830. The van der Waals surface area contributed by atoms with Crippen molar-refractivity contribution < 1.29 is 68.1 Å². The van der Waals surface area contributed by atoms with Crippen molar-refractivity contribution in [2.24, 2.45) is 17.1 Å². The number of carboxylic acids is 1. The van der Waals surface area contributed by atoms with Gasteiger partial charge in [-0.15, -0.1) is 0 Å². The molecule has 3 fully saturated rings. The first-order chi connectivity index (χ1) is 27.1. The standard InChI is InChI=1S/C32H42O9.C7H6O2.C5H11NO2.H2O/c1-18(21-10-8-7-9-11-21)12-27(34)40-23-15-31(36)14-22(19(23)2)28(38-6)29(35)30(4)24(16-31)32(41-20(3)33)17-39-26(32)13-25(30)37-5;8-7(9)6-4-2-1-3-5-6;1-5(2,3)8-4(6)7;/h7-11,18,23-26,28,36H,12-17H2,1-6H3;1-5H,(H,8,9);1-3H3,(H2,6,7);1H2/t18-,23?,24-,25?,26+,28+,30-,31+,32+;;;/m0.../s1. The molecule has 15 heteroatoms. The summed E-state index contributed by atoms with van der Waals surface area (Å²) in [7, 11) is 3.03. The van der Waals surface area contributed by atoms with Crippen LogP contribution >= 0.6 is 0 Å². The molecule has 0 radical (unpaired) electrons. The largest absolute Gasteiger partial charge is 0.478 e. The Kier molecular flexibility index (Phi) is 16.2. The number of carbonyl (C=O) groups excluding carboxylic acids is 4. The van der Waals surface area contributed by atoms with Crippen molar-refractivity contribution in [3.05, 3.63) is 82.9 Å².